The van der Waals surface area contributed by atoms with Crippen molar-refractivity contribution in [2.75, 3.05) is 25.9 Å². The van der Waals surface area contributed by atoms with E-state index in [4.69, 9.17) is 33.7 Å². The van der Waals surface area contributed by atoms with Crippen molar-refractivity contribution in [2.24, 2.45) is 0 Å². The zero-order valence-corrected chi connectivity index (χ0v) is 15.3. The summed E-state index contributed by atoms with van der Waals surface area (Å²) in [7, 11) is 2.15. The Labute approximate surface area is 150 Å². The quantitative estimate of drug-likeness (QED) is 0.806. The fourth-order valence-electron chi connectivity index (χ4n) is 2.90. The van der Waals surface area contributed by atoms with Crippen LogP contribution in [-0.2, 0) is 0 Å². The van der Waals surface area contributed by atoms with Gasteiger partial charge in [0.15, 0.2) is 0 Å². The molecule has 0 spiro atoms. The first-order chi connectivity index (χ1) is 11.0. The van der Waals surface area contributed by atoms with Gasteiger partial charge in [0.1, 0.15) is 12.4 Å². The number of rotatable bonds is 4. The van der Waals surface area contributed by atoms with E-state index in [-0.39, 0.29) is 0 Å². The summed E-state index contributed by atoms with van der Waals surface area (Å²) in [6.07, 6.45) is 3.68. The monoisotopic (exact) mass is 370 g/mol. The third kappa shape index (κ3) is 3.94. The van der Waals surface area contributed by atoms with Gasteiger partial charge in [-0.15, -0.1) is 11.3 Å². The molecule has 1 aliphatic rings. The van der Waals surface area contributed by atoms with Crippen LogP contribution in [-0.4, -0.2) is 31.1 Å². The summed E-state index contributed by atoms with van der Waals surface area (Å²) in [5, 5.41) is 3.90. The average molecular weight is 371 g/mol. The number of hydrogen-bond donors (Lipinski definition) is 1. The molecular weight excluding hydrogens is 351 g/mol. The van der Waals surface area contributed by atoms with E-state index >= 15 is 0 Å². The van der Waals surface area contributed by atoms with Gasteiger partial charge in [-0.2, -0.15) is 0 Å². The first kappa shape index (κ1) is 16.9. The van der Waals surface area contributed by atoms with Crippen molar-refractivity contribution in [3.05, 3.63) is 33.6 Å². The van der Waals surface area contributed by atoms with Crippen molar-refractivity contribution in [1.82, 2.24) is 4.90 Å². The normalized spacial score (nSPS) is 19.0. The minimum absolute atomic E-state index is 0.440. The second kappa shape index (κ2) is 7.31. The molecule has 0 aliphatic carbocycles. The molecule has 2 N–H and O–H groups in total. The molecule has 3 nitrogen and oxygen atoms in total. The number of nitrogen functional groups attached to an aromatic ring is 1. The number of anilines is 1. The summed E-state index contributed by atoms with van der Waals surface area (Å²) in [5.74, 6) is 0.676. The van der Waals surface area contributed by atoms with E-state index in [0.717, 1.165) is 29.1 Å². The number of likely N-dealkylation sites (N-methyl/N-ethyl adjacent to an activating group) is 1. The molecule has 1 aromatic carbocycles. The fraction of sp³-hybridized carbons (Fsp3) is 0.412. The van der Waals surface area contributed by atoms with Gasteiger partial charge in [0.25, 0.3) is 0 Å². The van der Waals surface area contributed by atoms with Crippen molar-refractivity contribution in [3.8, 4) is 16.9 Å². The minimum atomic E-state index is 0.440. The van der Waals surface area contributed by atoms with Gasteiger partial charge < -0.3 is 15.4 Å². The largest absolute Gasteiger partial charge is 0.490 e. The van der Waals surface area contributed by atoms with Crippen LogP contribution in [0, 0.1) is 0 Å². The second-order valence-electron chi connectivity index (χ2n) is 5.94. The molecule has 0 saturated carbocycles. The van der Waals surface area contributed by atoms with Gasteiger partial charge in [0, 0.05) is 17.0 Å². The van der Waals surface area contributed by atoms with E-state index in [9.17, 15) is 0 Å². The number of ether oxygens (including phenoxy) is 1. The zero-order valence-electron chi connectivity index (χ0n) is 13.0. The number of hydrogen-bond acceptors (Lipinski definition) is 4. The van der Waals surface area contributed by atoms with Gasteiger partial charge in [-0.1, -0.05) is 29.6 Å². The lowest BCUT2D eigenvalue weighted by molar-refractivity contribution is 0.125. The Balaban J connectivity index is 1.79. The van der Waals surface area contributed by atoms with Crippen LogP contribution in [0.4, 0.5) is 5.00 Å². The van der Waals surface area contributed by atoms with E-state index in [1.54, 1.807) is 6.07 Å². The van der Waals surface area contributed by atoms with Crippen molar-refractivity contribution >= 4 is 39.5 Å². The Hall–Kier alpha value is -0.940. The van der Waals surface area contributed by atoms with Gasteiger partial charge in [0.2, 0.25) is 0 Å². The van der Waals surface area contributed by atoms with Crippen LogP contribution in [0.3, 0.4) is 0 Å². The molecule has 0 bridgehead atoms. The maximum absolute atomic E-state index is 6.33. The summed E-state index contributed by atoms with van der Waals surface area (Å²) in [6.45, 7) is 1.77. The summed E-state index contributed by atoms with van der Waals surface area (Å²) in [5.41, 5.74) is 7.71. The Bertz CT molecular complexity index is 689. The topological polar surface area (TPSA) is 38.5 Å². The summed E-state index contributed by atoms with van der Waals surface area (Å²) in [6, 6.07) is 6.01. The molecule has 3 rings (SSSR count). The molecule has 1 unspecified atom stereocenters. The third-order valence-corrected chi connectivity index (χ3v) is 5.67. The molecule has 124 valence electrons. The van der Waals surface area contributed by atoms with Crippen LogP contribution in [0.2, 0.25) is 10.0 Å². The van der Waals surface area contributed by atoms with Crippen molar-refractivity contribution in [3.63, 3.8) is 0 Å². The van der Waals surface area contributed by atoms with Crippen LogP contribution in [0.5, 0.6) is 5.75 Å². The lowest BCUT2D eigenvalue weighted by Crippen LogP contribution is -2.40. The molecule has 6 heteroatoms. The molecule has 1 aliphatic heterocycles. The first-order valence-electron chi connectivity index (χ1n) is 7.71. The number of halogens is 2. The maximum Gasteiger partial charge on any atom is 0.138 e. The van der Waals surface area contributed by atoms with Crippen molar-refractivity contribution in [1.29, 1.82) is 0 Å². The summed E-state index contributed by atoms with van der Waals surface area (Å²) < 4.78 is 6.01. The Kier molecular flexibility index (Phi) is 5.37. The van der Waals surface area contributed by atoms with Crippen molar-refractivity contribution < 1.29 is 4.74 Å². The van der Waals surface area contributed by atoms with Crippen LogP contribution in [0.1, 0.15) is 19.3 Å². The highest BCUT2D eigenvalue weighted by Crippen LogP contribution is 2.39. The number of benzene rings is 1. The predicted molar refractivity (Wildman–Crippen MR) is 100.0 cm³/mol. The highest BCUT2D eigenvalue weighted by atomic mass is 35.5. The number of nitrogens with two attached hydrogens (primary N) is 1. The average Bonchev–Trinajstić information content (AvgIpc) is 2.94. The molecule has 1 fully saturated rings. The van der Waals surface area contributed by atoms with Gasteiger partial charge in [-0.25, -0.2) is 0 Å². The van der Waals surface area contributed by atoms with Gasteiger partial charge in [0.05, 0.1) is 15.0 Å². The molecule has 23 heavy (non-hydrogen) atoms. The number of likely N-dealkylation sites (tertiary alicyclic amines) is 1. The molecule has 0 radical (unpaired) electrons. The van der Waals surface area contributed by atoms with Crippen LogP contribution < -0.4 is 10.5 Å². The van der Waals surface area contributed by atoms with Gasteiger partial charge >= 0.3 is 0 Å². The smallest absolute Gasteiger partial charge is 0.138 e. The second-order valence-corrected chi connectivity index (χ2v) is 7.70. The highest BCUT2D eigenvalue weighted by Gasteiger charge is 2.20. The van der Waals surface area contributed by atoms with Crippen LogP contribution >= 0.6 is 34.5 Å². The van der Waals surface area contributed by atoms with Gasteiger partial charge in [-0.05, 0) is 50.2 Å². The van der Waals surface area contributed by atoms with Crippen molar-refractivity contribution in [2.45, 2.75) is 25.3 Å². The van der Waals surface area contributed by atoms with E-state index in [2.05, 4.69) is 11.9 Å². The molecule has 1 saturated heterocycles. The third-order valence-electron chi connectivity index (χ3n) is 4.31. The SMILES string of the molecule is CN1CCCCC1COc1cc(-c2csc(N)c2)c(Cl)cc1Cl. The lowest BCUT2D eigenvalue weighted by Gasteiger charge is -2.32. The highest BCUT2D eigenvalue weighted by molar-refractivity contribution is 7.14. The molecular formula is C17H20Cl2N2OS. The number of thiophene rings is 1. The molecule has 1 atom stereocenters. The maximum atomic E-state index is 6.33. The predicted octanol–water partition coefficient (Wildman–Crippen LogP) is 5.17. The van der Waals surface area contributed by atoms with Gasteiger partial charge in [-0.3, -0.25) is 0 Å². The summed E-state index contributed by atoms with van der Waals surface area (Å²) in [4.78, 5) is 2.35. The van der Waals surface area contributed by atoms with E-state index in [0.29, 0.717) is 28.4 Å². The molecule has 0 amide bonds. The van der Waals surface area contributed by atoms with Crippen LogP contribution in [0.15, 0.2) is 23.6 Å². The Morgan fingerprint density at radius 1 is 1.26 bits per heavy atom. The molecule has 1 aromatic heterocycles. The zero-order chi connectivity index (χ0) is 16.4. The van der Waals surface area contributed by atoms with E-state index in [1.807, 2.05) is 17.5 Å². The minimum Gasteiger partial charge on any atom is -0.490 e. The number of piperidine rings is 1. The van der Waals surface area contributed by atoms with E-state index in [1.165, 1.54) is 24.2 Å². The fourth-order valence-corrected chi connectivity index (χ4v) is 4.10. The Morgan fingerprint density at radius 2 is 2.09 bits per heavy atom. The summed E-state index contributed by atoms with van der Waals surface area (Å²) >= 11 is 14.1. The standard InChI is InChI=1S/C17H20Cl2N2OS/c1-21-5-3-2-4-12(21)9-22-16-7-13(14(18)8-15(16)19)11-6-17(20)23-10-11/h6-8,10,12H,2-5,9,20H2,1H3. The lowest BCUT2D eigenvalue weighted by atomic mass is 10.0. The number of nitrogens with zero attached hydrogens (tertiary/aromatic N) is 1. The Morgan fingerprint density at radius 3 is 2.78 bits per heavy atom. The van der Waals surface area contributed by atoms with E-state index < -0.39 is 0 Å². The molecule has 2 aromatic rings. The first-order valence-corrected chi connectivity index (χ1v) is 9.34. The molecule has 2 heterocycles. The van der Waals surface area contributed by atoms with Crippen LogP contribution in [0.25, 0.3) is 11.1 Å².